The number of benzene rings is 3. The van der Waals surface area contributed by atoms with Crippen LogP contribution in [0.1, 0.15) is 40.1 Å². The number of hydrogen-bond donors (Lipinski definition) is 0. The molecule has 0 spiro atoms. The van der Waals surface area contributed by atoms with Gasteiger partial charge in [-0.05, 0) is 37.1 Å². The van der Waals surface area contributed by atoms with Gasteiger partial charge in [0, 0.05) is 12.7 Å². The van der Waals surface area contributed by atoms with Crippen molar-refractivity contribution in [3.8, 4) is 11.5 Å². The van der Waals surface area contributed by atoms with Crippen LogP contribution in [0.15, 0.2) is 60.7 Å². The number of carbonyl (C=O) groups is 1. The summed E-state index contributed by atoms with van der Waals surface area (Å²) >= 11 is 6.43. The molecule has 0 aliphatic heterocycles. The largest absolute Gasteiger partial charge is 0.485 e. The molecular weight excluding hydrogens is 407 g/mol. The van der Waals surface area contributed by atoms with Gasteiger partial charge in [0.15, 0.2) is 11.6 Å². The molecule has 0 aromatic heterocycles. The molecule has 4 nitrogen and oxygen atoms in total. The van der Waals surface area contributed by atoms with Crippen molar-refractivity contribution in [2.24, 2.45) is 0 Å². The summed E-state index contributed by atoms with van der Waals surface area (Å²) in [6.07, 6.45) is -0.630. The number of rotatable bonds is 7. The van der Waals surface area contributed by atoms with Crippen LogP contribution in [0.25, 0.3) is 0 Å². The number of esters is 1. The van der Waals surface area contributed by atoms with Gasteiger partial charge in [0.2, 0.25) is 0 Å². The van der Waals surface area contributed by atoms with Crippen molar-refractivity contribution in [1.82, 2.24) is 0 Å². The van der Waals surface area contributed by atoms with E-state index in [2.05, 4.69) is 0 Å². The lowest BCUT2D eigenvalue weighted by Gasteiger charge is -2.21. The first-order chi connectivity index (χ1) is 14.4. The lowest BCUT2D eigenvalue weighted by atomic mass is 9.99. The molecule has 3 rings (SSSR count). The Hall–Kier alpha value is -2.89. The van der Waals surface area contributed by atoms with Crippen molar-refractivity contribution in [1.29, 1.82) is 0 Å². The highest BCUT2D eigenvalue weighted by molar-refractivity contribution is 6.32. The Balaban J connectivity index is 2.07. The zero-order valence-electron chi connectivity index (χ0n) is 16.9. The monoisotopic (exact) mass is 428 g/mol. The van der Waals surface area contributed by atoms with Crippen LogP contribution in [0.5, 0.6) is 11.5 Å². The van der Waals surface area contributed by atoms with Crippen LogP contribution in [0.3, 0.4) is 0 Å². The molecule has 3 aromatic rings. The van der Waals surface area contributed by atoms with Gasteiger partial charge in [-0.3, -0.25) is 0 Å². The Labute approximate surface area is 180 Å². The summed E-state index contributed by atoms with van der Waals surface area (Å²) in [5, 5.41) is 0.105. The minimum absolute atomic E-state index is 0.0515. The molecule has 156 valence electrons. The fourth-order valence-corrected chi connectivity index (χ4v) is 3.37. The first-order valence-corrected chi connectivity index (χ1v) is 9.80. The second kappa shape index (κ2) is 9.74. The molecule has 1 atom stereocenters. The second-order valence-corrected chi connectivity index (χ2v) is 7.10. The highest BCUT2D eigenvalue weighted by Crippen LogP contribution is 2.40. The van der Waals surface area contributed by atoms with Crippen LogP contribution in [0, 0.1) is 12.7 Å². The number of hydrogen-bond acceptors (Lipinski definition) is 4. The number of methoxy groups -OCH3 is 1. The first kappa shape index (κ1) is 21.8. The van der Waals surface area contributed by atoms with Gasteiger partial charge in [0.1, 0.15) is 17.9 Å². The summed E-state index contributed by atoms with van der Waals surface area (Å²) in [5.74, 6) is -1.36. The molecule has 0 radical (unpaired) electrons. The van der Waals surface area contributed by atoms with Crippen molar-refractivity contribution in [3.05, 3.63) is 93.8 Å². The number of halogens is 2. The summed E-state index contributed by atoms with van der Waals surface area (Å²) in [7, 11) is 1.46. The van der Waals surface area contributed by atoms with E-state index in [-0.39, 0.29) is 28.5 Å². The predicted octanol–water partition coefficient (Wildman–Crippen LogP) is 6.29. The molecule has 6 heteroatoms. The Bertz CT molecular complexity index is 1020. The Morgan fingerprint density at radius 1 is 1.07 bits per heavy atom. The van der Waals surface area contributed by atoms with Gasteiger partial charge in [-0.2, -0.15) is 0 Å². The SMILES string of the molecule is COC(C)c1c(F)c(OCc2ccccc2)c(C(=O)Oc2ccccc2)c(C)c1Cl. The summed E-state index contributed by atoms with van der Waals surface area (Å²) in [4.78, 5) is 13.0. The van der Waals surface area contributed by atoms with Gasteiger partial charge in [0.05, 0.1) is 11.1 Å². The minimum Gasteiger partial charge on any atom is -0.485 e. The molecule has 0 saturated carbocycles. The maximum absolute atomic E-state index is 15.5. The average Bonchev–Trinajstić information content (AvgIpc) is 2.76. The van der Waals surface area contributed by atoms with Gasteiger partial charge < -0.3 is 14.2 Å². The number of para-hydroxylation sites is 1. The van der Waals surface area contributed by atoms with Crippen LogP contribution in [-0.2, 0) is 11.3 Å². The van der Waals surface area contributed by atoms with Crippen molar-refractivity contribution >= 4 is 17.6 Å². The third-order valence-electron chi connectivity index (χ3n) is 4.75. The van der Waals surface area contributed by atoms with Crippen LogP contribution < -0.4 is 9.47 Å². The molecule has 0 N–H and O–H groups in total. The van der Waals surface area contributed by atoms with Gasteiger partial charge in [0.25, 0.3) is 0 Å². The van der Waals surface area contributed by atoms with Crippen LogP contribution >= 0.6 is 11.6 Å². The zero-order valence-corrected chi connectivity index (χ0v) is 17.7. The molecule has 30 heavy (non-hydrogen) atoms. The third-order valence-corrected chi connectivity index (χ3v) is 5.23. The summed E-state index contributed by atoms with van der Waals surface area (Å²) in [5.41, 5.74) is 1.27. The Morgan fingerprint density at radius 2 is 1.67 bits per heavy atom. The minimum atomic E-state index is -0.751. The number of carbonyl (C=O) groups excluding carboxylic acids is 1. The van der Waals surface area contributed by atoms with E-state index in [1.54, 1.807) is 44.2 Å². The molecule has 0 aliphatic rings. The van der Waals surface area contributed by atoms with Crippen LogP contribution in [0.4, 0.5) is 4.39 Å². The van der Waals surface area contributed by atoms with Crippen LogP contribution in [-0.4, -0.2) is 13.1 Å². The maximum atomic E-state index is 15.5. The number of ether oxygens (including phenoxy) is 3. The molecule has 3 aromatic carbocycles. The van der Waals surface area contributed by atoms with Crippen molar-refractivity contribution in [2.75, 3.05) is 7.11 Å². The highest BCUT2D eigenvalue weighted by atomic mass is 35.5. The van der Waals surface area contributed by atoms with Crippen LogP contribution in [0.2, 0.25) is 5.02 Å². The molecule has 0 saturated heterocycles. The highest BCUT2D eigenvalue weighted by Gasteiger charge is 2.30. The predicted molar refractivity (Wildman–Crippen MR) is 114 cm³/mol. The summed E-state index contributed by atoms with van der Waals surface area (Å²) in [6, 6.07) is 17.8. The van der Waals surface area contributed by atoms with Gasteiger partial charge in [-0.15, -0.1) is 0 Å². The summed E-state index contributed by atoms with van der Waals surface area (Å²) in [6.45, 7) is 3.38. The molecule has 1 unspecified atom stereocenters. The fourth-order valence-electron chi connectivity index (χ4n) is 3.04. The fraction of sp³-hybridized carbons (Fsp3) is 0.208. The van der Waals surface area contributed by atoms with E-state index >= 15 is 4.39 Å². The molecule has 0 aliphatic carbocycles. The topological polar surface area (TPSA) is 44.8 Å². The van der Waals surface area contributed by atoms with Gasteiger partial charge >= 0.3 is 5.97 Å². The third kappa shape index (κ3) is 4.64. The average molecular weight is 429 g/mol. The van der Waals surface area contributed by atoms with E-state index in [4.69, 9.17) is 25.8 Å². The van der Waals surface area contributed by atoms with E-state index in [1.807, 2.05) is 30.3 Å². The maximum Gasteiger partial charge on any atom is 0.347 e. The molecule has 0 heterocycles. The van der Waals surface area contributed by atoms with Gasteiger partial charge in [-0.25, -0.2) is 9.18 Å². The van der Waals surface area contributed by atoms with Crippen molar-refractivity contribution < 1.29 is 23.4 Å². The Kier molecular flexibility index (Phi) is 7.08. The molecule has 0 bridgehead atoms. The standard InChI is InChI=1S/C24H22ClFO4/c1-15-19(24(27)30-18-12-8-5-9-13-18)23(29-14-17-10-6-4-7-11-17)22(26)20(21(15)25)16(2)28-3/h4-13,16H,14H2,1-3H3. The summed E-state index contributed by atoms with van der Waals surface area (Å²) < 4.78 is 32.0. The zero-order chi connectivity index (χ0) is 21.7. The van der Waals surface area contributed by atoms with E-state index in [0.29, 0.717) is 11.3 Å². The van der Waals surface area contributed by atoms with E-state index in [1.165, 1.54) is 7.11 Å². The lowest BCUT2D eigenvalue weighted by molar-refractivity contribution is 0.0726. The van der Waals surface area contributed by atoms with E-state index < -0.39 is 17.9 Å². The van der Waals surface area contributed by atoms with Crippen molar-refractivity contribution in [3.63, 3.8) is 0 Å². The first-order valence-electron chi connectivity index (χ1n) is 9.42. The second-order valence-electron chi connectivity index (χ2n) is 6.73. The normalized spacial score (nSPS) is 11.8. The molecule has 0 amide bonds. The van der Waals surface area contributed by atoms with E-state index in [0.717, 1.165) is 5.56 Å². The van der Waals surface area contributed by atoms with E-state index in [9.17, 15) is 4.79 Å². The molecular formula is C24H22ClFO4. The van der Waals surface area contributed by atoms with Crippen molar-refractivity contribution in [2.45, 2.75) is 26.6 Å². The quantitative estimate of drug-likeness (QED) is 0.327. The smallest absolute Gasteiger partial charge is 0.347 e. The van der Waals surface area contributed by atoms with Gasteiger partial charge in [-0.1, -0.05) is 60.1 Å². The molecule has 0 fully saturated rings. The Morgan fingerprint density at radius 3 is 2.27 bits per heavy atom. The lowest BCUT2D eigenvalue weighted by Crippen LogP contribution is -2.16.